The number of carbonyl (C=O) groups is 1. The molecule has 0 unspecified atom stereocenters. The van der Waals surface area contributed by atoms with Gasteiger partial charge in [-0.2, -0.15) is 0 Å². The molecule has 5 heteroatoms. The number of hydrogen-bond acceptors (Lipinski definition) is 2. The molecule has 0 aliphatic rings. The highest BCUT2D eigenvalue weighted by Gasteiger charge is 2.26. The normalized spacial score (nSPS) is 11.7. The second-order valence-corrected chi connectivity index (χ2v) is 6.91. The highest BCUT2D eigenvalue weighted by molar-refractivity contribution is 5.91. The third-order valence-electron chi connectivity index (χ3n) is 4.77. The van der Waals surface area contributed by atoms with Gasteiger partial charge in [-0.1, -0.05) is 6.07 Å². The molecule has 0 bridgehead atoms. The zero-order valence-corrected chi connectivity index (χ0v) is 15.4. The Hall–Kier alpha value is -2.66. The lowest BCUT2D eigenvalue weighted by molar-refractivity contribution is -0.139. The molecule has 3 rings (SSSR count). The van der Waals surface area contributed by atoms with Crippen LogP contribution in [0.5, 0.6) is 0 Å². The van der Waals surface area contributed by atoms with Crippen LogP contribution in [0.3, 0.4) is 0 Å². The summed E-state index contributed by atoms with van der Waals surface area (Å²) in [6.07, 6.45) is 0. The van der Waals surface area contributed by atoms with Crippen molar-refractivity contribution in [1.82, 2.24) is 10.3 Å². The van der Waals surface area contributed by atoms with Crippen LogP contribution in [0, 0.1) is 12.7 Å². The van der Waals surface area contributed by atoms with Crippen molar-refractivity contribution in [3.05, 3.63) is 59.4 Å². The Kier molecular flexibility index (Phi) is 4.83. The fourth-order valence-electron chi connectivity index (χ4n) is 2.88. The summed E-state index contributed by atoms with van der Waals surface area (Å²) in [7, 11) is 1.52. The highest BCUT2D eigenvalue weighted by Crippen LogP contribution is 2.30. The number of rotatable bonds is 5. The number of nitrogens with one attached hydrogen (secondary N) is 2. The first-order chi connectivity index (χ1) is 12.3. The summed E-state index contributed by atoms with van der Waals surface area (Å²) in [6.45, 7) is 5.93. The van der Waals surface area contributed by atoms with Gasteiger partial charge in [-0.15, -0.1) is 0 Å². The molecule has 0 radical (unpaired) electrons. The number of benzene rings is 2. The second kappa shape index (κ2) is 6.92. The van der Waals surface area contributed by atoms with E-state index in [1.807, 2.05) is 19.1 Å². The number of aromatic amines is 1. The molecule has 0 aliphatic carbocycles. The van der Waals surface area contributed by atoms with Crippen molar-refractivity contribution in [2.75, 3.05) is 7.11 Å². The number of aryl methyl sites for hydroxylation is 1. The molecule has 2 aromatic carbocycles. The van der Waals surface area contributed by atoms with E-state index in [-0.39, 0.29) is 11.7 Å². The molecule has 136 valence electrons. The monoisotopic (exact) mass is 354 g/mol. The van der Waals surface area contributed by atoms with Gasteiger partial charge in [-0.25, -0.2) is 4.39 Å². The first-order valence-corrected chi connectivity index (χ1v) is 8.52. The summed E-state index contributed by atoms with van der Waals surface area (Å²) in [6, 6.07) is 12.5. The van der Waals surface area contributed by atoms with E-state index in [2.05, 4.69) is 16.4 Å². The minimum atomic E-state index is -0.857. The minimum Gasteiger partial charge on any atom is -0.369 e. The van der Waals surface area contributed by atoms with Gasteiger partial charge in [-0.3, -0.25) is 4.79 Å². The second-order valence-electron chi connectivity index (χ2n) is 6.91. The smallest absolute Gasteiger partial charge is 0.251 e. The Morgan fingerprint density at radius 2 is 1.88 bits per heavy atom. The predicted molar refractivity (Wildman–Crippen MR) is 101 cm³/mol. The minimum absolute atomic E-state index is 0.155. The lowest BCUT2D eigenvalue weighted by Crippen LogP contribution is -2.43. The van der Waals surface area contributed by atoms with Crippen molar-refractivity contribution in [3.63, 3.8) is 0 Å². The van der Waals surface area contributed by atoms with Crippen LogP contribution in [0.2, 0.25) is 0 Å². The van der Waals surface area contributed by atoms with E-state index in [1.54, 1.807) is 26.0 Å². The van der Waals surface area contributed by atoms with Crippen LogP contribution in [-0.2, 0) is 16.1 Å². The Morgan fingerprint density at radius 3 is 2.54 bits per heavy atom. The van der Waals surface area contributed by atoms with Gasteiger partial charge in [0, 0.05) is 30.3 Å². The predicted octanol–water partition coefficient (Wildman–Crippen LogP) is 4.32. The molecule has 0 saturated carbocycles. The lowest BCUT2D eigenvalue weighted by atomic mass is 10.0. The SMILES string of the molecule is COC(C)(C)C(=O)NCc1ccc2[nH]c(-c3ccc(F)cc3)c(C)c2c1. The van der Waals surface area contributed by atoms with Gasteiger partial charge >= 0.3 is 0 Å². The van der Waals surface area contributed by atoms with E-state index in [1.165, 1.54) is 19.2 Å². The Morgan fingerprint density at radius 1 is 1.19 bits per heavy atom. The van der Waals surface area contributed by atoms with Crippen LogP contribution < -0.4 is 5.32 Å². The van der Waals surface area contributed by atoms with Crippen molar-refractivity contribution in [3.8, 4) is 11.3 Å². The van der Waals surface area contributed by atoms with E-state index in [4.69, 9.17) is 4.74 Å². The topological polar surface area (TPSA) is 54.1 Å². The summed E-state index contributed by atoms with van der Waals surface area (Å²) >= 11 is 0. The molecule has 3 aromatic rings. The molecule has 0 fully saturated rings. The molecule has 0 saturated heterocycles. The van der Waals surface area contributed by atoms with Crippen LogP contribution in [0.4, 0.5) is 4.39 Å². The fraction of sp³-hybridized carbons (Fsp3) is 0.286. The number of hydrogen-bond donors (Lipinski definition) is 2. The number of fused-ring (bicyclic) bond motifs is 1. The number of aromatic nitrogens is 1. The van der Waals surface area contributed by atoms with Gasteiger partial charge in [0.2, 0.25) is 0 Å². The van der Waals surface area contributed by atoms with Crippen molar-refractivity contribution in [1.29, 1.82) is 0 Å². The number of methoxy groups -OCH3 is 1. The van der Waals surface area contributed by atoms with E-state index in [0.29, 0.717) is 6.54 Å². The Balaban J connectivity index is 1.86. The summed E-state index contributed by atoms with van der Waals surface area (Å²) in [4.78, 5) is 15.5. The third-order valence-corrected chi connectivity index (χ3v) is 4.77. The third kappa shape index (κ3) is 3.48. The largest absolute Gasteiger partial charge is 0.369 e. The maximum absolute atomic E-state index is 13.2. The standard InChI is InChI=1S/C21H23FN2O2/c1-13-17-11-14(12-23-20(25)21(2,3)26-4)5-10-18(17)24-19(13)15-6-8-16(22)9-7-15/h5-11,24H,12H2,1-4H3,(H,23,25). The summed E-state index contributed by atoms with van der Waals surface area (Å²) in [5.74, 6) is -0.405. The van der Waals surface area contributed by atoms with E-state index < -0.39 is 5.60 Å². The number of amides is 1. The number of carbonyl (C=O) groups excluding carboxylic acids is 1. The van der Waals surface area contributed by atoms with Gasteiger partial charge in [-0.05, 0) is 73.9 Å². The highest BCUT2D eigenvalue weighted by atomic mass is 19.1. The number of H-pyrrole nitrogens is 1. The maximum atomic E-state index is 13.2. The summed E-state index contributed by atoms with van der Waals surface area (Å²) < 4.78 is 18.4. The van der Waals surface area contributed by atoms with Crippen LogP contribution in [0.15, 0.2) is 42.5 Å². The average molecular weight is 354 g/mol. The lowest BCUT2D eigenvalue weighted by Gasteiger charge is -2.21. The molecular formula is C21H23FN2O2. The van der Waals surface area contributed by atoms with Gasteiger partial charge in [0.05, 0.1) is 0 Å². The quantitative estimate of drug-likeness (QED) is 0.717. The Bertz CT molecular complexity index is 943. The van der Waals surface area contributed by atoms with Crippen LogP contribution >= 0.6 is 0 Å². The van der Waals surface area contributed by atoms with E-state index in [0.717, 1.165) is 33.3 Å². The first kappa shape index (κ1) is 18.1. The molecule has 0 aliphatic heterocycles. The van der Waals surface area contributed by atoms with Gasteiger partial charge in [0.15, 0.2) is 0 Å². The molecule has 26 heavy (non-hydrogen) atoms. The molecule has 1 aromatic heterocycles. The van der Waals surface area contributed by atoms with Gasteiger partial charge < -0.3 is 15.0 Å². The molecule has 1 heterocycles. The van der Waals surface area contributed by atoms with E-state index in [9.17, 15) is 9.18 Å². The van der Waals surface area contributed by atoms with Crippen LogP contribution in [0.25, 0.3) is 22.2 Å². The van der Waals surface area contributed by atoms with E-state index >= 15 is 0 Å². The Labute approximate surface area is 152 Å². The summed E-state index contributed by atoms with van der Waals surface area (Å²) in [5, 5.41) is 3.99. The zero-order chi connectivity index (χ0) is 18.9. The van der Waals surface area contributed by atoms with Crippen molar-refractivity contribution in [2.45, 2.75) is 32.9 Å². The van der Waals surface area contributed by atoms with Crippen LogP contribution in [0.1, 0.15) is 25.0 Å². The van der Waals surface area contributed by atoms with Crippen molar-refractivity contribution >= 4 is 16.8 Å². The molecule has 2 N–H and O–H groups in total. The molecule has 0 spiro atoms. The van der Waals surface area contributed by atoms with Gasteiger partial charge in [0.1, 0.15) is 11.4 Å². The molecule has 1 amide bonds. The summed E-state index contributed by atoms with van der Waals surface area (Å²) in [5.41, 5.74) is 4.17. The molecular weight excluding hydrogens is 331 g/mol. The van der Waals surface area contributed by atoms with Crippen molar-refractivity contribution in [2.24, 2.45) is 0 Å². The number of halogens is 1. The number of ether oxygens (including phenoxy) is 1. The van der Waals surface area contributed by atoms with Crippen molar-refractivity contribution < 1.29 is 13.9 Å². The first-order valence-electron chi connectivity index (χ1n) is 8.52. The zero-order valence-electron chi connectivity index (χ0n) is 15.4. The average Bonchev–Trinajstić information content (AvgIpc) is 2.96. The molecule has 0 atom stereocenters. The maximum Gasteiger partial charge on any atom is 0.251 e. The molecule has 4 nitrogen and oxygen atoms in total. The van der Waals surface area contributed by atoms with Gasteiger partial charge in [0.25, 0.3) is 5.91 Å². The van der Waals surface area contributed by atoms with Crippen LogP contribution in [-0.4, -0.2) is 23.6 Å². The fourth-order valence-corrected chi connectivity index (χ4v) is 2.88.